The van der Waals surface area contributed by atoms with Crippen LogP contribution in [0.1, 0.15) is 5.56 Å². The zero-order valence-electron chi connectivity index (χ0n) is 11.1. The van der Waals surface area contributed by atoms with Gasteiger partial charge in [-0.25, -0.2) is 4.98 Å². The first kappa shape index (κ1) is 12.5. The van der Waals surface area contributed by atoms with Crippen molar-refractivity contribution >= 4 is 26.7 Å². The lowest BCUT2D eigenvalue weighted by Crippen LogP contribution is -2.46. The fourth-order valence-electron chi connectivity index (χ4n) is 2.38. The Balaban J connectivity index is 1.77. The highest BCUT2D eigenvalue weighted by Gasteiger charge is 2.19. The highest BCUT2D eigenvalue weighted by atomic mass is 32.1. The zero-order chi connectivity index (χ0) is 13.2. The van der Waals surface area contributed by atoms with Gasteiger partial charge in [0.05, 0.1) is 16.8 Å². The van der Waals surface area contributed by atoms with Gasteiger partial charge in [0.15, 0.2) is 5.13 Å². The Labute approximate surface area is 117 Å². The smallest absolute Gasteiger partial charge is 0.186 e. The van der Waals surface area contributed by atoms with Crippen molar-refractivity contribution < 1.29 is 0 Å². The van der Waals surface area contributed by atoms with E-state index in [1.54, 1.807) is 11.3 Å². The Morgan fingerprint density at radius 2 is 2.11 bits per heavy atom. The van der Waals surface area contributed by atoms with E-state index in [0.29, 0.717) is 0 Å². The van der Waals surface area contributed by atoms with Gasteiger partial charge >= 0.3 is 0 Å². The first-order chi connectivity index (χ1) is 9.26. The quantitative estimate of drug-likeness (QED) is 0.782. The van der Waals surface area contributed by atoms with E-state index in [2.05, 4.69) is 40.8 Å². The lowest BCUT2D eigenvalue weighted by atomic mass is 10.2. The Morgan fingerprint density at radius 3 is 2.84 bits per heavy atom. The summed E-state index contributed by atoms with van der Waals surface area (Å²) in [6.07, 6.45) is 5.35. The number of piperazine rings is 1. The van der Waals surface area contributed by atoms with Crippen LogP contribution in [0.4, 0.5) is 5.13 Å². The first-order valence-corrected chi connectivity index (χ1v) is 7.36. The van der Waals surface area contributed by atoms with Crippen molar-refractivity contribution in [3.63, 3.8) is 0 Å². The van der Waals surface area contributed by atoms with Gasteiger partial charge in [-0.3, -0.25) is 4.90 Å². The number of hydrogen-bond acceptors (Lipinski definition) is 4. The van der Waals surface area contributed by atoms with Gasteiger partial charge < -0.3 is 4.90 Å². The normalized spacial score (nSPS) is 16.7. The lowest BCUT2D eigenvalue weighted by Gasteiger charge is -2.33. The van der Waals surface area contributed by atoms with Gasteiger partial charge in [-0.2, -0.15) is 0 Å². The van der Waals surface area contributed by atoms with Crippen molar-refractivity contribution in [2.45, 2.75) is 6.92 Å². The predicted octanol–water partition coefficient (Wildman–Crippen LogP) is 2.36. The Hall–Kier alpha value is -1.57. The number of terminal acetylenes is 1. The molecular formula is C15H17N3S. The summed E-state index contributed by atoms with van der Waals surface area (Å²) in [7, 11) is 0. The molecule has 0 atom stereocenters. The minimum Gasteiger partial charge on any atom is -0.345 e. The van der Waals surface area contributed by atoms with Crippen LogP contribution in [0.5, 0.6) is 0 Å². The number of nitrogens with zero attached hydrogens (tertiary/aromatic N) is 3. The number of aryl methyl sites for hydroxylation is 1. The van der Waals surface area contributed by atoms with Crippen molar-refractivity contribution in [2.24, 2.45) is 0 Å². The molecule has 4 heteroatoms. The fraction of sp³-hybridized carbons (Fsp3) is 0.400. The molecule has 0 amide bonds. The van der Waals surface area contributed by atoms with Crippen LogP contribution in [-0.4, -0.2) is 42.6 Å². The molecule has 1 aliphatic heterocycles. The van der Waals surface area contributed by atoms with Crippen LogP contribution in [0.2, 0.25) is 0 Å². The van der Waals surface area contributed by atoms with Crippen molar-refractivity contribution in [1.29, 1.82) is 0 Å². The van der Waals surface area contributed by atoms with Gasteiger partial charge in [0.25, 0.3) is 0 Å². The second-order valence-electron chi connectivity index (χ2n) is 4.93. The highest BCUT2D eigenvalue weighted by molar-refractivity contribution is 7.22. The first-order valence-electron chi connectivity index (χ1n) is 6.54. The number of hydrogen-bond donors (Lipinski definition) is 0. The monoisotopic (exact) mass is 271 g/mol. The molecule has 2 aromatic rings. The van der Waals surface area contributed by atoms with E-state index in [-0.39, 0.29) is 0 Å². The van der Waals surface area contributed by atoms with Crippen LogP contribution < -0.4 is 4.90 Å². The van der Waals surface area contributed by atoms with Gasteiger partial charge in [-0.05, 0) is 24.6 Å². The van der Waals surface area contributed by atoms with Crippen LogP contribution in [0.3, 0.4) is 0 Å². The standard InChI is InChI=1S/C15H17N3S/c1-3-6-17-7-9-18(10-8-17)15-16-13-5-4-12(2)11-14(13)19-15/h1,4-5,11H,6-10H2,2H3. The average Bonchev–Trinajstić information content (AvgIpc) is 2.83. The lowest BCUT2D eigenvalue weighted by molar-refractivity contribution is 0.288. The topological polar surface area (TPSA) is 19.4 Å². The number of aromatic nitrogens is 1. The van der Waals surface area contributed by atoms with Crippen LogP contribution in [0.25, 0.3) is 10.2 Å². The molecule has 3 rings (SSSR count). The second-order valence-corrected chi connectivity index (χ2v) is 5.94. The van der Waals surface area contributed by atoms with Crippen LogP contribution in [0, 0.1) is 19.3 Å². The third-order valence-electron chi connectivity index (χ3n) is 3.49. The molecule has 0 unspecified atom stereocenters. The van der Waals surface area contributed by atoms with E-state index in [9.17, 15) is 0 Å². The number of anilines is 1. The minimum absolute atomic E-state index is 0.757. The molecule has 0 spiro atoms. The number of thiazole rings is 1. The highest BCUT2D eigenvalue weighted by Crippen LogP contribution is 2.29. The van der Waals surface area contributed by atoms with Crippen LogP contribution >= 0.6 is 11.3 Å². The molecule has 0 N–H and O–H groups in total. The summed E-state index contributed by atoms with van der Waals surface area (Å²) in [5.74, 6) is 2.71. The molecule has 1 aromatic heterocycles. The third-order valence-corrected chi connectivity index (χ3v) is 4.57. The Bertz CT molecular complexity index is 618. The zero-order valence-corrected chi connectivity index (χ0v) is 11.9. The molecule has 0 bridgehead atoms. The van der Waals surface area contributed by atoms with Gasteiger partial charge in [-0.1, -0.05) is 23.3 Å². The van der Waals surface area contributed by atoms with E-state index in [1.807, 2.05) is 0 Å². The summed E-state index contributed by atoms with van der Waals surface area (Å²) in [4.78, 5) is 9.42. The molecule has 0 aliphatic carbocycles. The predicted molar refractivity (Wildman–Crippen MR) is 81.8 cm³/mol. The number of benzene rings is 1. The Kier molecular flexibility index (Phi) is 3.41. The van der Waals surface area contributed by atoms with Crippen LogP contribution in [-0.2, 0) is 0 Å². The second kappa shape index (κ2) is 5.20. The fourth-order valence-corrected chi connectivity index (χ4v) is 3.50. The molecule has 19 heavy (non-hydrogen) atoms. The third kappa shape index (κ3) is 2.58. The van der Waals surface area contributed by atoms with E-state index < -0.39 is 0 Å². The molecular weight excluding hydrogens is 254 g/mol. The summed E-state index contributed by atoms with van der Waals surface area (Å²) in [6.45, 7) is 6.96. The molecule has 98 valence electrons. The molecule has 0 radical (unpaired) electrons. The van der Waals surface area contributed by atoms with Crippen LogP contribution in [0.15, 0.2) is 18.2 Å². The maximum atomic E-state index is 5.35. The van der Waals surface area contributed by atoms with Gasteiger partial charge in [0, 0.05) is 26.2 Å². The van der Waals surface area contributed by atoms with Crippen molar-refractivity contribution in [1.82, 2.24) is 9.88 Å². The van der Waals surface area contributed by atoms with Crippen molar-refractivity contribution in [3.8, 4) is 12.3 Å². The van der Waals surface area contributed by atoms with E-state index in [1.165, 1.54) is 10.3 Å². The number of rotatable bonds is 2. The molecule has 1 fully saturated rings. The molecule has 2 heterocycles. The maximum Gasteiger partial charge on any atom is 0.186 e. The van der Waals surface area contributed by atoms with Gasteiger partial charge in [-0.15, -0.1) is 6.42 Å². The molecule has 1 saturated heterocycles. The largest absolute Gasteiger partial charge is 0.345 e. The van der Waals surface area contributed by atoms with E-state index in [0.717, 1.165) is 43.4 Å². The molecule has 3 nitrogen and oxygen atoms in total. The Morgan fingerprint density at radius 1 is 1.32 bits per heavy atom. The summed E-state index contributed by atoms with van der Waals surface area (Å²) in [5, 5.41) is 1.14. The minimum atomic E-state index is 0.757. The molecule has 0 saturated carbocycles. The van der Waals surface area contributed by atoms with E-state index >= 15 is 0 Å². The number of fused-ring (bicyclic) bond motifs is 1. The van der Waals surface area contributed by atoms with Gasteiger partial charge in [0.1, 0.15) is 0 Å². The summed E-state index contributed by atoms with van der Waals surface area (Å²) in [5.41, 5.74) is 2.40. The van der Waals surface area contributed by atoms with Crippen molar-refractivity contribution in [3.05, 3.63) is 23.8 Å². The molecule has 1 aliphatic rings. The average molecular weight is 271 g/mol. The summed E-state index contributed by atoms with van der Waals surface area (Å²) >= 11 is 1.79. The summed E-state index contributed by atoms with van der Waals surface area (Å²) < 4.78 is 1.28. The van der Waals surface area contributed by atoms with Gasteiger partial charge in [0.2, 0.25) is 0 Å². The van der Waals surface area contributed by atoms with E-state index in [4.69, 9.17) is 11.4 Å². The van der Waals surface area contributed by atoms with Crippen molar-refractivity contribution in [2.75, 3.05) is 37.6 Å². The maximum absolute atomic E-state index is 5.35. The SMILES string of the molecule is C#CCN1CCN(c2nc3ccc(C)cc3s2)CC1. The molecule has 1 aromatic carbocycles. The summed E-state index contributed by atoms with van der Waals surface area (Å²) in [6, 6.07) is 6.45.